The molecule has 1 amide bonds. The highest BCUT2D eigenvalue weighted by Gasteiger charge is 2.28. The molecule has 2 aromatic heterocycles. The predicted octanol–water partition coefficient (Wildman–Crippen LogP) is 1.41. The van der Waals surface area contributed by atoms with E-state index in [1.54, 1.807) is 11.1 Å². The molecule has 1 fully saturated rings. The summed E-state index contributed by atoms with van der Waals surface area (Å²) in [7, 11) is 1.83. The number of carbonyl (C=O) groups is 1. The van der Waals surface area contributed by atoms with Gasteiger partial charge in [0, 0.05) is 38.3 Å². The molecule has 1 aliphatic heterocycles. The first-order valence-electron chi connectivity index (χ1n) is 6.10. The first kappa shape index (κ1) is 12.4. The smallest absolute Gasteiger partial charge is 0.223 e. The van der Waals surface area contributed by atoms with Gasteiger partial charge in [-0.2, -0.15) is 0 Å². The minimum absolute atomic E-state index is 0.129. The molecule has 100 valence electrons. The van der Waals surface area contributed by atoms with Gasteiger partial charge in [-0.1, -0.05) is 0 Å². The fourth-order valence-electron chi connectivity index (χ4n) is 2.49. The zero-order chi connectivity index (χ0) is 13.6. The van der Waals surface area contributed by atoms with Gasteiger partial charge >= 0.3 is 0 Å². The van der Waals surface area contributed by atoms with E-state index in [4.69, 9.17) is 5.73 Å². The molecule has 0 spiro atoms. The number of carbonyl (C=O) groups excluding carboxylic acids is 1. The van der Waals surface area contributed by atoms with Gasteiger partial charge in [-0.05, 0) is 22.4 Å². The van der Waals surface area contributed by atoms with E-state index >= 15 is 0 Å². The summed E-state index contributed by atoms with van der Waals surface area (Å²) in [6.07, 6.45) is 4.89. The molecular formula is C12H14BrN5O. The molecule has 0 bridgehead atoms. The number of hydrogen-bond donors (Lipinski definition) is 1. The Morgan fingerprint density at radius 2 is 2.32 bits per heavy atom. The van der Waals surface area contributed by atoms with Crippen molar-refractivity contribution in [2.75, 3.05) is 19.3 Å². The Morgan fingerprint density at radius 3 is 3.05 bits per heavy atom. The van der Waals surface area contributed by atoms with Crippen molar-refractivity contribution >= 4 is 33.2 Å². The Balaban J connectivity index is 2.07. The molecule has 0 aromatic carbocycles. The van der Waals surface area contributed by atoms with Crippen molar-refractivity contribution < 1.29 is 4.79 Å². The quantitative estimate of drug-likeness (QED) is 0.860. The number of rotatable bonds is 1. The fraction of sp³-hybridized carbons (Fsp3) is 0.417. The second-order valence-corrected chi connectivity index (χ2v) is 5.55. The van der Waals surface area contributed by atoms with Gasteiger partial charge < -0.3 is 10.6 Å². The largest absolute Gasteiger partial charge is 0.382 e. The van der Waals surface area contributed by atoms with Crippen LogP contribution in [0.5, 0.6) is 0 Å². The zero-order valence-corrected chi connectivity index (χ0v) is 12.1. The van der Waals surface area contributed by atoms with Crippen LogP contribution in [-0.4, -0.2) is 38.8 Å². The van der Waals surface area contributed by atoms with Gasteiger partial charge in [-0.25, -0.2) is 9.97 Å². The fourth-order valence-corrected chi connectivity index (χ4v) is 3.07. The Hall–Kier alpha value is -1.63. The number of fused-ring (bicyclic) bond motifs is 1. The first-order chi connectivity index (χ1) is 9.08. The first-order valence-corrected chi connectivity index (χ1v) is 6.89. The van der Waals surface area contributed by atoms with E-state index in [-0.39, 0.29) is 11.8 Å². The molecule has 7 heteroatoms. The second-order valence-electron chi connectivity index (χ2n) is 4.80. The number of amides is 1. The molecule has 2 aromatic rings. The number of anilines is 1. The van der Waals surface area contributed by atoms with Crippen LogP contribution < -0.4 is 5.73 Å². The maximum Gasteiger partial charge on any atom is 0.223 e. The number of imidazole rings is 1. The van der Waals surface area contributed by atoms with E-state index in [0.29, 0.717) is 16.8 Å². The van der Waals surface area contributed by atoms with Crippen molar-refractivity contribution in [1.82, 2.24) is 19.3 Å². The Morgan fingerprint density at radius 1 is 1.53 bits per heavy atom. The Labute approximate surface area is 118 Å². The number of nitrogen functional groups attached to an aromatic ring is 1. The lowest BCUT2D eigenvalue weighted by molar-refractivity contribution is -0.132. The molecule has 1 aliphatic rings. The minimum atomic E-state index is 0.129. The molecule has 19 heavy (non-hydrogen) atoms. The van der Waals surface area contributed by atoms with E-state index in [2.05, 4.69) is 25.9 Å². The molecule has 3 rings (SSSR count). The molecule has 1 saturated heterocycles. The van der Waals surface area contributed by atoms with Crippen LogP contribution in [0, 0.1) is 0 Å². The molecule has 3 heterocycles. The summed E-state index contributed by atoms with van der Waals surface area (Å²) >= 11 is 3.41. The lowest BCUT2D eigenvalue weighted by atomic mass is 9.96. The van der Waals surface area contributed by atoms with Gasteiger partial charge in [-0.3, -0.25) is 9.20 Å². The maximum atomic E-state index is 11.8. The number of likely N-dealkylation sites (tertiary alicyclic amines) is 1. The lowest BCUT2D eigenvalue weighted by Crippen LogP contribution is -2.35. The normalized spacial score (nSPS) is 20.2. The van der Waals surface area contributed by atoms with Crippen LogP contribution in [-0.2, 0) is 4.79 Å². The van der Waals surface area contributed by atoms with Crippen LogP contribution in [0.4, 0.5) is 5.82 Å². The van der Waals surface area contributed by atoms with Crippen LogP contribution in [0.3, 0.4) is 0 Å². The number of nitrogens with zero attached hydrogens (tertiary/aromatic N) is 4. The minimum Gasteiger partial charge on any atom is -0.382 e. The van der Waals surface area contributed by atoms with Gasteiger partial charge in [-0.15, -0.1) is 0 Å². The standard InChI is InChI=1S/C12H14BrN5O/c1-17-4-2-7(6-8(17)19)12-16-10(13)9-11(14)15-3-5-18(9)12/h3,5,7H,2,4,6H2,1H3,(H2,14,15). The number of halogens is 1. The van der Waals surface area contributed by atoms with E-state index in [1.807, 2.05) is 17.6 Å². The van der Waals surface area contributed by atoms with Gasteiger partial charge in [0.2, 0.25) is 5.91 Å². The summed E-state index contributed by atoms with van der Waals surface area (Å²) in [5.41, 5.74) is 6.64. The number of nitrogens with two attached hydrogens (primary N) is 1. The Kier molecular flexibility index (Phi) is 2.93. The van der Waals surface area contributed by atoms with E-state index < -0.39 is 0 Å². The third kappa shape index (κ3) is 1.98. The van der Waals surface area contributed by atoms with Crippen molar-refractivity contribution in [2.45, 2.75) is 18.8 Å². The van der Waals surface area contributed by atoms with Crippen LogP contribution in [0.2, 0.25) is 0 Å². The van der Waals surface area contributed by atoms with E-state index in [9.17, 15) is 4.79 Å². The van der Waals surface area contributed by atoms with Crippen LogP contribution in [0.25, 0.3) is 5.52 Å². The summed E-state index contributed by atoms with van der Waals surface area (Å²) in [5.74, 6) is 1.60. The molecular weight excluding hydrogens is 310 g/mol. The van der Waals surface area contributed by atoms with Gasteiger partial charge in [0.1, 0.15) is 15.9 Å². The van der Waals surface area contributed by atoms with Gasteiger partial charge in [0.05, 0.1) is 0 Å². The van der Waals surface area contributed by atoms with Crippen molar-refractivity contribution in [2.24, 2.45) is 0 Å². The van der Waals surface area contributed by atoms with Crippen molar-refractivity contribution in [3.8, 4) is 0 Å². The second kappa shape index (κ2) is 4.48. The summed E-state index contributed by atoms with van der Waals surface area (Å²) < 4.78 is 2.61. The summed E-state index contributed by atoms with van der Waals surface area (Å²) in [6.45, 7) is 0.761. The SMILES string of the molecule is CN1CCC(c2nc(Br)c3c(N)nccn23)CC1=O. The van der Waals surface area contributed by atoms with Crippen molar-refractivity contribution in [3.63, 3.8) is 0 Å². The number of aromatic nitrogens is 3. The molecule has 1 unspecified atom stereocenters. The average molecular weight is 324 g/mol. The summed E-state index contributed by atoms with van der Waals surface area (Å²) in [6, 6.07) is 0. The van der Waals surface area contributed by atoms with Crippen molar-refractivity contribution in [1.29, 1.82) is 0 Å². The summed E-state index contributed by atoms with van der Waals surface area (Å²) in [4.78, 5) is 22.2. The number of piperidine rings is 1. The zero-order valence-electron chi connectivity index (χ0n) is 10.5. The molecule has 2 N–H and O–H groups in total. The van der Waals surface area contributed by atoms with Crippen LogP contribution >= 0.6 is 15.9 Å². The average Bonchev–Trinajstić information content (AvgIpc) is 2.72. The molecule has 6 nitrogen and oxygen atoms in total. The van der Waals surface area contributed by atoms with Gasteiger partial charge in [0.25, 0.3) is 0 Å². The highest BCUT2D eigenvalue weighted by molar-refractivity contribution is 9.10. The molecule has 0 aliphatic carbocycles. The maximum absolute atomic E-state index is 11.8. The molecule has 0 radical (unpaired) electrons. The van der Waals surface area contributed by atoms with Crippen molar-refractivity contribution in [3.05, 3.63) is 22.8 Å². The Bertz CT molecular complexity index is 653. The highest BCUT2D eigenvalue weighted by Crippen LogP contribution is 2.32. The van der Waals surface area contributed by atoms with E-state index in [1.165, 1.54) is 0 Å². The number of hydrogen-bond acceptors (Lipinski definition) is 4. The highest BCUT2D eigenvalue weighted by atomic mass is 79.9. The predicted molar refractivity (Wildman–Crippen MR) is 74.7 cm³/mol. The lowest BCUT2D eigenvalue weighted by Gasteiger charge is -2.27. The summed E-state index contributed by atoms with van der Waals surface area (Å²) in [5, 5.41) is 0. The third-order valence-corrected chi connectivity index (χ3v) is 4.15. The molecule has 0 saturated carbocycles. The van der Waals surface area contributed by atoms with E-state index in [0.717, 1.165) is 24.3 Å². The topological polar surface area (TPSA) is 76.5 Å². The third-order valence-electron chi connectivity index (χ3n) is 3.59. The van der Waals surface area contributed by atoms with Gasteiger partial charge in [0.15, 0.2) is 5.82 Å². The van der Waals surface area contributed by atoms with Crippen LogP contribution in [0.15, 0.2) is 17.0 Å². The molecule has 1 atom stereocenters. The van der Waals surface area contributed by atoms with Crippen LogP contribution in [0.1, 0.15) is 24.6 Å². The monoisotopic (exact) mass is 323 g/mol.